The van der Waals surface area contributed by atoms with Crippen molar-refractivity contribution in [3.8, 4) is 0 Å². The molecule has 0 heterocycles. The zero-order chi connectivity index (χ0) is 25.9. The first kappa shape index (κ1) is 30.2. The van der Waals surface area contributed by atoms with Crippen molar-refractivity contribution < 1.29 is 19.5 Å². The minimum atomic E-state index is -0.878. The fraction of sp³-hybridized carbons (Fsp3) is 0.885. The molecule has 8 heteroatoms. The highest BCUT2D eigenvalue weighted by Crippen LogP contribution is 2.28. The number of aliphatic hydroxyl groups excluding tert-OH is 1. The molecule has 0 radical (unpaired) electrons. The minimum absolute atomic E-state index is 0.159. The van der Waals surface area contributed by atoms with E-state index in [0.29, 0.717) is 24.8 Å². The van der Waals surface area contributed by atoms with Gasteiger partial charge in [0.25, 0.3) is 0 Å². The summed E-state index contributed by atoms with van der Waals surface area (Å²) in [5.74, 6) is 0.0954. The summed E-state index contributed by atoms with van der Waals surface area (Å²) in [7, 11) is 0. The Balaban J connectivity index is 2.95. The molecule has 1 unspecified atom stereocenters. The third-order valence-corrected chi connectivity index (χ3v) is 6.36. The van der Waals surface area contributed by atoms with E-state index >= 15 is 0 Å². The molecule has 0 saturated heterocycles. The molecule has 1 fully saturated rings. The Labute approximate surface area is 207 Å². The molecule has 34 heavy (non-hydrogen) atoms. The average molecular weight is 483 g/mol. The Kier molecular flexibility index (Phi) is 12.9. The second-order valence-electron chi connectivity index (χ2n) is 11.6. The molecule has 0 aromatic carbocycles. The zero-order valence-corrected chi connectivity index (χ0v) is 22.6. The number of nitrogens with one attached hydrogen (secondary N) is 3. The lowest BCUT2D eigenvalue weighted by molar-refractivity contribution is -0.126. The summed E-state index contributed by atoms with van der Waals surface area (Å²) in [4.78, 5) is 38.8. The molecule has 0 aliphatic heterocycles. The molecule has 8 nitrogen and oxygen atoms in total. The van der Waals surface area contributed by atoms with E-state index < -0.39 is 18.1 Å². The van der Waals surface area contributed by atoms with Gasteiger partial charge in [0.05, 0.1) is 24.6 Å². The van der Waals surface area contributed by atoms with E-state index in [9.17, 15) is 19.5 Å². The number of carbonyl (C=O) groups is 3. The summed E-state index contributed by atoms with van der Waals surface area (Å²) in [5, 5.41) is 20.0. The number of hydrogen-bond donors (Lipinski definition) is 4. The molecule has 3 atom stereocenters. The highest BCUT2D eigenvalue weighted by Gasteiger charge is 2.30. The van der Waals surface area contributed by atoms with Gasteiger partial charge in [-0.2, -0.15) is 0 Å². The molecular weight excluding hydrogens is 432 g/mol. The first-order chi connectivity index (χ1) is 15.8. The largest absolute Gasteiger partial charge is 0.389 e. The second-order valence-corrected chi connectivity index (χ2v) is 11.6. The van der Waals surface area contributed by atoms with Crippen LogP contribution in [-0.2, 0) is 9.59 Å². The van der Waals surface area contributed by atoms with Crippen molar-refractivity contribution in [2.24, 2.45) is 17.8 Å². The van der Waals surface area contributed by atoms with Gasteiger partial charge in [0.2, 0.25) is 11.8 Å². The average Bonchev–Trinajstić information content (AvgIpc) is 2.73. The molecule has 1 aliphatic carbocycles. The van der Waals surface area contributed by atoms with Gasteiger partial charge in [-0.3, -0.25) is 9.59 Å². The zero-order valence-electron chi connectivity index (χ0n) is 22.6. The number of aliphatic hydroxyl groups is 1. The molecular formula is C26H50N4O4. The van der Waals surface area contributed by atoms with Gasteiger partial charge in [0.15, 0.2) is 0 Å². The lowest BCUT2D eigenvalue weighted by Gasteiger charge is -2.35. The van der Waals surface area contributed by atoms with Gasteiger partial charge in [-0.05, 0) is 45.4 Å². The minimum Gasteiger partial charge on any atom is -0.389 e. The van der Waals surface area contributed by atoms with Crippen LogP contribution in [0.2, 0.25) is 0 Å². The topological polar surface area (TPSA) is 111 Å². The Morgan fingerprint density at radius 2 is 1.68 bits per heavy atom. The van der Waals surface area contributed by atoms with Crippen LogP contribution in [-0.4, -0.2) is 65.2 Å². The number of nitrogens with zero attached hydrogens (tertiary/aromatic N) is 1. The number of carbonyl (C=O) groups excluding carboxylic acids is 3. The van der Waals surface area contributed by atoms with Crippen LogP contribution < -0.4 is 16.0 Å². The monoisotopic (exact) mass is 482 g/mol. The summed E-state index contributed by atoms with van der Waals surface area (Å²) in [6.07, 6.45) is 6.43. The van der Waals surface area contributed by atoms with Crippen molar-refractivity contribution in [2.45, 2.75) is 111 Å². The SMILES string of the molecule is CC(=O)NC[C@@H](C)C(=O)N[C@@H](CC1CCCCC1)C(O)CN(CCC(C)C)C(=O)NC(C)(C)C. The first-order valence-corrected chi connectivity index (χ1v) is 13.1. The van der Waals surface area contributed by atoms with E-state index in [0.717, 1.165) is 19.3 Å². The Bertz CT molecular complexity index is 641. The van der Waals surface area contributed by atoms with Gasteiger partial charge in [0.1, 0.15) is 0 Å². The van der Waals surface area contributed by atoms with Crippen LogP contribution in [0.4, 0.5) is 4.79 Å². The van der Waals surface area contributed by atoms with E-state index in [2.05, 4.69) is 29.8 Å². The molecule has 1 saturated carbocycles. The van der Waals surface area contributed by atoms with Gasteiger partial charge in [-0.25, -0.2) is 4.79 Å². The quantitative estimate of drug-likeness (QED) is 0.341. The number of urea groups is 1. The van der Waals surface area contributed by atoms with Crippen LogP contribution in [0.15, 0.2) is 0 Å². The van der Waals surface area contributed by atoms with Crippen LogP contribution in [0.1, 0.15) is 93.4 Å². The highest BCUT2D eigenvalue weighted by atomic mass is 16.3. The van der Waals surface area contributed by atoms with Crippen LogP contribution in [0.25, 0.3) is 0 Å². The molecule has 1 rings (SSSR count). The van der Waals surface area contributed by atoms with Gasteiger partial charge in [-0.1, -0.05) is 52.9 Å². The van der Waals surface area contributed by atoms with Gasteiger partial charge in [0, 0.05) is 25.6 Å². The van der Waals surface area contributed by atoms with Crippen molar-refractivity contribution in [1.29, 1.82) is 0 Å². The Morgan fingerprint density at radius 3 is 2.21 bits per heavy atom. The summed E-state index contributed by atoms with van der Waals surface area (Å²) in [5.41, 5.74) is -0.382. The van der Waals surface area contributed by atoms with Crippen LogP contribution in [0.5, 0.6) is 0 Å². The number of amides is 4. The second kappa shape index (κ2) is 14.5. The van der Waals surface area contributed by atoms with E-state index in [1.807, 2.05) is 20.8 Å². The molecule has 0 aromatic heterocycles. The van der Waals surface area contributed by atoms with E-state index in [1.54, 1.807) is 11.8 Å². The molecule has 4 N–H and O–H groups in total. The first-order valence-electron chi connectivity index (χ1n) is 13.1. The fourth-order valence-corrected chi connectivity index (χ4v) is 4.25. The molecule has 198 valence electrons. The van der Waals surface area contributed by atoms with E-state index in [-0.39, 0.29) is 36.5 Å². The lowest BCUT2D eigenvalue weighted by Crippen LogP contribution is -2.55. The van der Waals surface area contributed by atoms with Gasteiger partial charge in [-0.15, -0.1) is 0 Å². The summed E-state index contributed by atoms with van der Waals surface area (Å²) < 4.78 is 0. The van der Waals surface area contributed by atoms with Crippen molar-refractivity contribution in [2.75, 3.05) is 19.6 Å². The maximum atomic E-state index is 13.0. The van der Waals surface area contributed by atoms with Crippen molar-refractivity contribution in [3.63, 3.8) is 0 Å². The summed E-state index contributed by atoms with van der Waals surface area (Å²) in [6.45, 7) is 14.2. The number of rotatable bonds is 12. The lowest BCUT2D eigenvalue weighted by atomic mass is 9.83. The normalized spacial score (nSPS) is 17.6. The van der Waals surface area contributed by atoms with Gasteiger partial charge < -0.3 is 26.0 Å². The molecule has 0 aromatic rings. The summed E-state index contributed by atoms with van der Waals surface area (Å²) in [6, 6.07) is -0.645. The van der Waals surface area contributed by atoms with Crippen LogP contribution >= 0.6 is 0 Å². The van der Waals surface area contributed by atoms with E-state index in [1.165, 1.54) is 26.2 Å². The fourth-order valence-electron chi connectivity index (χ4n) is 4.25. The van der Waals surface area contributed by atoms with E-state index in [4.69, 9.17) is 0 Å². The number of hydrogen-bond acceptors (Lipinski definition) is 4. The smallest absolute Gasteiger partial charge is 0.317 e. The third kappa shape index (κ3) is 12.6. The maximum absolute atomic E-state index is 13.0. The third-order valence-electron chi connectivity index (χ3n) is 6.36. The predicted molar refractivity (Wildman–Crippen MR) is 136 cm³/mol. The molecule has 4 amide bonds. The van der Waals surface area contributed by atoms with Gasteiger partial charge >= 0.3 is 6.03 Å². The molecule has 1 aliphatic rings. The standard InChI is InChI=1S/C26H50N4O4/c1-18(2)13-14-30(25(34)29-26(5,6)7)17-23(32)22(15-21-11-9-8-10-12-21)28-24(33)19(3)16-27-20(4)31/h18-19,21-23,32H,8-17H2,1-7H3,(H,27,31)(H,28,33)(H,29,34)/t19-,22+,23?/m1/s1. The van der Waals surface area contributed by atoms with Crippen LogP contribution in [0, 0.1) is 17.8 Å². The molecule has 0 bridgehead atoms. The predicted octanol–water partition coefficient (Wildman–Crippen LogP) is 3.43. The van der Waals surface area contributed by atoms with Crippen LogP contribution in [0.3, 0.4) is 0 Å². The maximum Gasteiger partial charge on any atom is 0.317 e. The Hall–Kier alpha value is -1.83. The van der Waals surface area contributed by atoms with Crippen molar-refractivity contribution in [1.82, 2.24) is 20.9 Å². The summed E-state index contributed by atoms with van der Waals surface area (Å²) >= 11 is 0. The highest BCUT2D eigenvalue weighted by molar-refractivity contribution is 5.80. The van der Waals surface area contributed by atoms with Crippen molar-refractivity contribution in [3.05, 3.63) is 0 Å². The van der Waals surface area contributed by atoms with Crippen molar-refractivity contribution >= 4 is 17.8 Å². The molecule has 0 spiro atoms. The Morgan fingerprint density at radius 1 is 1.06 bits per heavy atom.